The zero-order valence-electron chi connectivity index (χ0n) is 11.8. The summed E-state index contributed by atoms with van der Waals surface area (Å²) >= 11 is -1.59. The van der Waals surface area contributed by atoms with Crippen LogP contribution in [0, 0.1) is 11.6 Å². The molecule has 0 aromatic heterocycles. The molecule has 1 fully saturated rings. The van der Waals surface area contributed by atoms with Gasteiger partial charge in [0, 0.05) is 19.7 Å². The van der Waals surface area contributed by atoms with Crippen molar-refractivity contribution in [1.29, 1.82) is 0 Å². The molecule has 2 amide bonds. The molecule has 0 spiro atoms. The number of hydrogen-bond acceptors (Lipinski definition) is 3. The molecule has 120 valence electrons. The minimum atomic E-state index is -1.59. The highest BCUT2D eigenvalue weighted by Gasteiger charge is 2.31. The van der Waals surface area contributed by atoms with E-state index in [0.717, 1.165) is 22.5 Å². The SMILES string of the molecule is CN1CCN(C(=O)NC(C=O)Cc2cc(F)cc(F)c2)S1=O. The molecule has 9 heteroatoms. The highest BCUT2D eigenvalue weighted by Crippen LogP contribution is 2.12. The van der Waals surface area contributed by atoms with Crippen LogP contribution in [-0.2, 0) is 22.4 Å². The van der Waals surface area contributed by atoms with E-state index in [0.29, 0.717) is 12.8 Å². The van der Waals surface area contributed by atoms with Crippen LogP contribution < -0.4 is 5.32 Å². The Hall–Kier alpha value is -1.87. The summed E-state index contributed by atoms with van der Waals surface area (Å²) in [6.45, 7) is 0.732. The molecule has 1 aliphatic heterocycles. The normalized spacial score (nSPS) is 20.0. The van der Waals surface area contributed by atoms with E-state index < -0.39 is 34.9 Å². The van der Waals surface area contributed by atoms with Crippen molar-refractivity contribution in [3.63, 3.8) is 0 Å². The predicted molar refractivity (Wildman–Crippen MR) is 75.9 cm³/mol. The number of benzene rings is 1. The van der Waals surface area contributed by atoms with Crippen molar-refractivity contribution >= 4 is 23.5 Å². The quantitative estimate of drug-likeness (QED) is 0.822. The van der Waals surface area contributed by atoms with Crippen molar-refractivity contribution in [3.8, 4) is 0 Å². The third-order valence-electron chi connectivity index (χ3n) is 3.15. The van der Waals surface area contributed by atoms with Crippen molar-refractivity contribution < 1.29 is 22.6 Å². The third-order valence-corrected chi connectivity index (χ3v) is 4.59. The Morgan fingerprint density at radius 2 is 2.00 bits per heavy atom. The van der Waals surface area contributed by atoms with Gasteiger partial charge in [-0.1, -0.05) is 0 Å². The second kappa shape index (κ2) is 6.93. The number of carbonyl (C=O) groups excluding carboxylic acids is 2. The third kappa shape index (κ3) is 3.86. The summed E-state index contributed by atoms with van der Waals surface area (Å²) in [6.07, 6.45) is 0.420. The molecule has 0 bridgehead atoms. The standard InChI is InChI=1S/C13H15F2N3O3S/c1-17-2-3-18(22(17)21)13(20)16-12(8-19)6-9-4-10(14)7-11(15)5-9/h4-5,7-8,12H,2-3,6H2,1H3,(H,16,20). The van der Waals surface area contributed by atoms with Gasteiger partial charge in [0.05, 0.1) is 12.6 Å². The van der Waals surface area contributed by atoms with E-state index in [-0.39, 0.29) is 18.5 Å². The van der Waals surface area contributed by atoms with Gasteiger partial charge in [0.15, 0.2) is 0 Å². The van der Waals surface area contributed by atoms with E-state index in [1.165, 1.54) is 4.31 Å². The lowest BCUT2D eigenvalue weighted by Crippen LogP contribution is -2.46. The number of likely N-dealkylation sites (N-methyl/N-ethyl adjacent to an activating group) is 1. The number of rotatable bonds is 4. The number of amides is 2. The van der Waals surface area contributed by atoms with Crippen molar-refractivity contribution in [2.24, 2.45) is 0 Å². The minimum Gasteiger partial charge on any atom is -0.327 e. The first-order chi connectivity index (χ1) is 10.4. The molecule has 2 rings (SSSR count). The molecule has 1 aliphatic rings. The Morgan fingerprint density at radius 1 is 1.36 bits per heavy atom. The maximum absolute atomic E-state index is 13.1. The zero-order chi connectivity index (χ0) is 16.3. The number of halogens is 2. The van der Waals surface area contributed by atoms with Crippen LogP contribution in [-0.4, -0.2) is 51.3 Å². The van der Waals surface area contributed by atoms with E-state index in [1.54, 1.807) is 7.05 Å². The van der Waals surface area contributed by atoms with E-state index in [4.69, 9.17) is 0 Å². The molecule has 0 radical (unpaired) electrons. The minimum absolute atomic E-state index is 0.0553. The lowest BCUT2D eigenvalue weighted by Gasteiger charge is -2.19. The van der Waals surface area contributed by atoms with Gasteiger partial charge in [-0.15, -0.1) is 0 Å². The zero-order valence-corrected chi connectivity index (χ0v) is 12.6. The van der Waals surface area contributed by atoms with Gasteiger partial charge >= 0.3 is 6.03 Å². The molecule has 1 aromatic rings. The number of nitrogens with one attached hydrogen (secondary N) is 1. The molecule has 2 unspecified atom stereocenters. The molecule has 0 aliphatic carbocycles. The Morgan fingerprint density at radius 3 is 2.50 bits per heavy atom. The van der Waals surface area contributed by atoms with Gasteiger partial charge in [0.1, 0.15) is 17.9 Å². The smallest absolute Gasteiger partial charge is 0.327 e. The Bertz CT molecular complexity index is 594. The molecule has 1 N–H and O–H groups in total. The number of hydrogen-bond donors (Lipinski definition) is 1. The van der Waals surface area contributed by atoms with Crippen LogP contribution in [0.15, 0.2) is 18.2 Å². The summed E-state index contributed by atoms with van der Waals surface area (Å²) in [4.78, 5) is 23.1. The van der Waals surface area contributed by atoms with Gasteiger partial charge in [-0.25, -0.2) is 26.4 Å². The average molecular weight is 331 g/mol. The van der Waals surface area contributed by atoms with Crippen LogP contribution >= 0.6 is 0 Å². The van der Waals surface area contributed by atoms with Gasteiger partial charge < -0.3 is 10.1 Å². The fraction of sp³-hybridized carbons (Fsp3) is 0.385. The Balaban J connectivity index is 2.01. The lowest BCUT2D eigenvalue weighted by atomic mass is 10.1. The highest BCUT2D eigenvalue weighted by atomic mass is 32.2. The summed E-state index contributed by atoms with van der Waals surface area (Å²) in [5.74, 6) is -1.51. The second-order valence-corrected chi connectivity index (χ2v) is 6.38. The average Bonchev–Trinajstić information content (AvgIpc) is 2.77. The summed E-state index contributed by atoms with van der Waals surface area (Å²) < 4.78 is 40.6. The first kappa shape index (κ1) is 16.5. The van der Waals surface area contributed by atoms with Gasteiger partial charge in [0.25, 0.3) is 0 Å². The van der Waals surface area contributed by atoms with Crippen molar-refractivity contribution in [2.75, 3.05) is 20.1 Å². The summed E-state index contributed by atoms with van der Waals surface area (Å²) in [5.41, 5.74) is 0.245. The molecule has 0 saturated carbocycles. The number of carbonyl (C=O) groups is 2. The number of urea groups is 1. The molecular formula is C13H15F2N3O3S. The summed E-state index contributed by atoms with van der Waals surface area (Å²) in [7, 11) is 1.61. The predicted octanol–water partition coefficient (Wildman–Crippen LogP) is 0.611. The molecule has 1 heterocycles. The van der Waals surface area contributed by atoms with Gasteiger partial charge in [0.2, 0.25) is 11.2 Å². The van der Waals surface area contributed by atoms with Crippen molar-refractivity contribution in [3.05, 3.63) is 35.4 Å². The van der Waals surface area contributed by atoms with Crippen LogP contribution in [0.1, 0.15) is 5.56 Å². The largest absolute Gasteiger partial charge is 0.330 e. The van der Waals surface area contributed by atoms with Crippen LogP contribution in [0.5, 0.6) is 0 Å². The topological polar surface area (TPSA) is 69.7 Å². The maximum Gasteiger partial charge on any atom is 0.330 e. The molecule has 1 aromatic carbocycles. The van der Waals surface area contributed by atoms with Gasteiger partial charge in [-0.3, -0.25) is 0 Å². The fourth-order valence-corrected chi connectivity index (χ4v) is 3.08. The summed E-state index contributed by atoms with van der Waals surface area (Å²) in [5, 5.41) is 2.40. The first-order valence-corrected chi connectivity index (χ1v) is 7.58. The van der Waals surface area contributed by atoms with Crippen LogP contribution in [0.4, 0.5) is 13.6 Å². The first-order valence-electron chi connectivity index (χ1n) is 6.52. The Kier molecular flexibility index (Phi) is 5.19. The monoisotopic (exact) mass is 331 g/mol. The van der Waals surface area contributed by atoms with Gasteiger partial charge in [-0.2, -0.15) is 0 Å². The fourth-order valence-electron chi connectivity index (χ4n) is 2.08. The van der Waals surface area contributed by atoms with Gasteiger partial charge in [-0.05, 0) is 24.1 Å². The number of nitrogens with zero attached hydrogens (tertiary/aromatic N) is 2. The van der Waals surface area contributed by atoms with Crippen molar-refractivity contribution in [2.45, 2.75) is 12.5 Å². The van der Waals surface area contributed by atoms with E-state index in [2.05, 4.69) is 5.32 Å². The molecular weight excluding hydrogens is 316 g/mol. The molecule has 22 heavy (non-hydrogen) atoms. The van der Waals surface area contributed by atoms with Crippen LogP contribution in [0.25, 0.3) is 0 Å². The summed E-state index contributed by atoms with van der Waals surface area (Å²) in [6, 6.07) is 1.29. The second-order valence-electron chi connectivity index (χ2n) is 4.86. The van der Waals surface area contributed by atoms with E-state index in [1.807, 2.05) is 0 Å². The maximum atomic E-state index is 13.1. The van der Waals surface area contributed by atoms with Crippen LogP contribution in [0.2, 0.25) is 0 Å². The van der Waals surface area contributed by atoms with E-state index in [9.17, 15) is 22.6 Å². The molecule has 2 atom stereocenters. The number of aldehydes is 1. The van der Waals surface area contributed by atoms with E-state index >= 15 is 0 Å². The highest BCUT2D eigenvalue weighted by molar-refractivity contribution is 7.81. The van der Waals surface area contributed by atoms with Crippen molar-refractivity contribution in [1.82, 2.24) is 13.9 Å². The Labute approximate surface area is 128 Å². The molecule has 6 nitrogen and oxygen atoms in total. The lowest BCUT2D eigenvalue weighted by molar-refractivity contribution is -0.109. The molecule has 1 saturated heterocycles. The van der Waals surface area contributed by atoms with Crippen LogP contribution in [0.3, 0.4) is 0 Å².